The standard InChI is InChI=1S/C19H18N2O3/c1-23-16-8-9-17(18(13-16)24-2)20-19(22)14-6-5-7-15(12-14)21-10-3-4-11-21/h3-13H,1-2H3,(H,20,22). The molecule has 0 saturated carbocycles. The number of ether oxygens (including phenoxy) is 2. The number of anilines is 1. The number of aromatic nitrogens is 1. The monoisotopic (exact) mass is 322 g/mol. The van der Waals surface area contributed by atoms with Crippen LogP contribution in [0.4, 0.5) is 5.69 Å². The lowest BCUT2D eigenvalue weighted by Gasteiger charge is -2.12. The van der Waals surface area contributed by atoms with Gasteiger partial charge in [-0.05, 0) is 42.5 Å². The number of hydrogen-bond donors (Lipinski definition) is 1. The molecule has 0 aliphatic heterocycles. The summed E-state index contributed by atoms with van der Waals surface area (Å²) in [6.45, 7) is 0. The van der Waals surface area contributed by atoms with E-state index in [4.69, 9.17) is 9.47 Å². The first-order valence-electron chi connectivity index (χ1n) is 7.48. The lowest BCUT2D eigenvalue weighted by atomic mass is 10.1. The molecule has 1 heterocycles. The van der Waals surface area contributed by atoms with Crippen LogP contribution < -0.4 is 14.8 Å². The molecule has 0 aliphatic rings. The highest BCUT2D eigenvalue weighted by molar-refractivity contribution is 6.05. The van der Waals surface area contributed by atoms with E-state index in [9.17, 15) is 4.79 Å². The van der Waals surface area contributed by atoms with E-state index < -0.39 is 0 Å². The van der Waals surface area contributed by atoms with Gasteiger partial charge in [-0.15, -0.1) is 0 Å². The molecule has 1 amide bonds. The molecule has 5 heteroatoms. The summed E-state index contributed by atoms with van der Waals surface area (Å²) in [5.41, 5.74) is 2.09. The van der Waals surface area contributed by atoms with Crippen LogP contribution in [-0.4, -0.2) is 24.7 Å². The Hall–Kier alpha value is -3.21. The van der Waals surface area contributed by atoms with E-state index in [1.807, 2.05) is 47.3 Å². The van der Waals surface area contributed by atoms with Gasteiger partial charge in [0.15, 0.2) is 0 Å². The van der Waals surface area contributed by atoms with Gasteiger partial charge in [0.25, 0.3) is 5.91 Å². The SMILES string of the molecule is COc1ccc(NC(=O)c2cccc(-n3cccc3)c2)c(OC)c1. The number of nitrogens with one attached hydrogen (secondary N) is 1. The van der Waals surface area contributed by atoms with Crippen molar-refractivity contribution in [3.05, 3.63) is 72.6 Å². The summed E-state index contributed by atoms with van der Waals surface area (Å²) >= 11 is 0. The minimum absolute atomic E-state index is 0.201. The molecule has 0 aliphatic carbocycles. The second kappa shape index (κ2) is 6.91. The first kappa shape index (κ1) is 15.7. The summed E-state index contributed by atoms with van der Waals surface area (Å²) in [5, 5.41) is 2.87. The molecule has 1 aromatic heterocycles. The summed E-state index contributed by atoms with van der Waals surface area (Å²) in [6, 6.07) is 16.6. The van der Waals surface area contributed by atoms with Gasteiger partial charge in [0.1, 0.15) is 11.5 Å². The van der Waals surface area contributed by atoms with Crippen LogP contribution in [-0.2, 0) is 0 Å². The van der Waals surface area contributed by atoms with E-state index in [1.54, 1.807) is 38.5 Å². The zero-order valence-corrected chi connectivity index (χ0v) is 13.5. The summed E-state index contributed by atoms with van der Waals surface area (Å²) in [7, 11) is 3.14. The Morgan fingerprint density at radius 2 is 1.75 bits per heavy atom. The number of nitrogens with zero attached hydrogens (tertiary/aromatic N) is 1. The molecule has 3 aromatic rings. The van der Waals surface area contributed by atoms with Crippen molar-refractivity contribution in [1.82, 2.24) is 4.57 Å². The topological polar surface area (TPSA) is 52.5 Å². The Morgan fingerprint density at radius 3 is 2.46 bits per heavy atom. The Labute approximate surface area is 140 Å². The second-order valence-electron chi connectivity index (χ2n) is 5.16. The Morgan fingerprint density at radius 1 is 0.958 bits per heavy atom. The number of benzene rings is 2. The lowest BCUT2D eigenvalue weighted by Crippen LogP contribution is -2.13. The molecule has 0 saturated heterocycles. The predicted molar refractivity (Wildman–Crippen MR) is 93.3 cm³/mol. The largest absolute Gasteiger partial charge is 0.497 e. The number of carbonyl (C=O) groups is 1. The smallest absolute Gasteiger partial charge is 0.255 e. The van der Waals surface area contributed by atoms with Crippen molar-refractivity contribution < 1.29 is 14.3 Å². The molecule has 5 nitrogen and oxygen atoms in total. The van der Waals surface area contributed by atoms with Gasteiger partial charge in [-0.3, -0.25) is 4.79 Å². The van der Waals surface area contributed by atoms with Crippen LogP contribution in [0.25, 0.3) is 5.69 Å². The highest BCUT2D eigenvalue weighted by Gasteiger charge is 2.11. The van der Waals surface area contributed by atoms with Crippen molar-refractivity contribution in [3.63, 3.8) is 0 Å². The van der Waals surface area contributed by atoms with Gasteiger partial charge in [-0.2, -0.15) is 0 Å². The van der Waals surface area contributed by atoms with Crippen molar-refractivity contribution in [1.29, 1.82) is 0 Å². The fourth-order valence-corrected chi connectivity index (χ4v) is 2.41. The Balaban J connectivity index is 1.84. The number of carbonyl (C=O) groups excluding carboxylic acids is 1. The molecule has 0 fully saturated rings. The highest BCUT2D eigenvalue weighted by atomic mass is 16.5. The molecule has 0 atom stereocenters. The number of rotatable bonds is 5. The van der Waals surface area contributed by atoms with Crippen molar-refractivity contribution >= 4 is 11.6 Å². The fourth-order valence-electron chi connectivity index (χ4n) is 2.41. The molecular formula is C19H18N2O3. The van der Waals surface area contributed by atoms with E-state index in [2.05, 4.69) is 5.32 Å². The predicted octanol–water partition coefficient (Wildman–Crippen LogP) is 3.75. The molecule has 0 unspecified atom stereocenters. The van der Waals surface area contributed by atoms with Gasteiger partial charge in [0, 0.05) is 29.7 Å². The summed E-state index contributed by atoms with van der Waals surface area (Å²) < 4.78 is 12.4. The van der Waals surface area contributed by atoms with E-state index in [1.165, 1.54) is 0 Å². The third-order valence-electron chi connectivity index (χ3n) is 3.67. The maximum atomic E-state index is 12.6. The van der Waals surface area contributed by atoms with Gasteiger partial charge in [0.2, 0.25) is 0 Å². The van der Waals surface area contributed by atoms with Crippen LogP contribution in [0.1, 0.15) is 10.4 Å². The van der Waals surface area contributed by atoms with E-state index in [0.29, 0.717) is 22.7 Å². The molecular weight excluding hydrogens is 304 g/mol. The molecule has 24 heavy (non-hydrogen) atoms. The maximum absolute atomic E-state index is 12.6. The molecule has 3 rings (SSSR count). The normalized spacial score (nSPS) is 10.2. The first-order valence-corrected chi connectivity index (χ1v) is 7.48. The molecule has 0 radical (unpaired) electrons. The molecule has 2 aromatic carbocycles. The molecule has 1 N–H and O–H groups in total. The molecule has 0 spiro atoms. The highest BCUT2D eigenvalue weighted by Crippen LogP contribution is 2.29. The van der Waals surface area contributed by atoms with Crippen molar-refractivity contribution in [2.24, 2.45) is 0 Å². The third kappa shape index (κ3) is 3.25. The van der Waals surface area contributed by atoms with Gasteiger partial charge in [-0.1, -0.05) is 6.07 Å². The Bertz CT molecular complexity index is 842. The van der Waals surface area contributed by atoms with E-state index >= 15 is 0 Å². The van der Waals surface area contributed by atoms with E-state index in [-0.39, 0.29) is 5.91 Å². The van der Waals surface area contributed by atoms with Gasteiger partial charge in [0.05, 0.1) is 19.9 Å². The van der Waals surface area contributed by atoms with Crippen LogP contribution >= 0.6 is 0 Å². The average Bonchev–Trinajstić information content (AvgIpc) is 3.17. The third-order valence-corrected chi connectivity index (χ3v) is 3.67. The second-order valence-corrected chi connectivity index (χ2v) is 5.16. The van der Waals surface area contributed by atoms with Gasteiger partial charge < -0.3 is 19.4 Å². The number of hydrogen-bond acceptors (Lipinski definition) is 3. The number of amides is 1. The zero-order chi connectivity index (χ0) is 16.9. The van der Waals surface area contributed by atoms with Gasteiger partial charge in [-0.25, -0.2) is 0 Å². The summed E-state index contributed by atoms with van der Waals surface area (Å²) in [6.07, 6.45) is 3.87. The van der Waals surface area contributed by atoms with Crippen molar-refractivity contribution in [3.8, 4) is 17.2 Å². The van der Waals surface area contributed by atoms with Crippen molar-refractivity contribution in [2.75, 3.05) is 19.5 Å². The van der Waals surface area contributed by atoms with Crippen LogP contribution in [0.3, 0.4) is 0 Å². The molecule has 0 bridgehead atoms. The van der Waals surface area contributed by atoms with Crippen molar-refractivity contribution in [2.45, 2.75) is 0 Å². The molecule has 122 valence electrons. The lowest BCUT2D eigenvalue weighted by molar-refractivity contribution is 0.102. The minimum Gasteiger partial charge on any atom is -0.497 e. The van der Waals surface area contributed by atoms with Crippen LogP contribution in [0, 0.1) is 0 Å². The average molecular weight is 322 g/mol. The zero-order valence-electron chi connectivity index (χ0n) is 13.5. The van der Waals surface area contributed by atoms with Gasteiger partial charge >= 0.3 is 0 Å². The minimum atomic E-state index is -0.201. The quantitative estimate of drug-likeness (QED) is 0.778. The van der Waals surface area contributed by atoms with Crippen LogP contribution in [0.2, 0.25) is 0 Å². The number of methoxy groups -OCH3 is 2. The Kier molecular flexibility index (Phi) is 4.52. The first-order chi connectivity index (χ1) is 11.7. The van der Waals surface area contributed by atoms with E-state index in [0.717, 1.165) is 5.69 Å². The fraction of sp³-hybridized carbons (Fsp3) is 0.105. The van der Waals surface area contributed by atoms with Crippen LogP contribution in [0.5, 0.6) is 11.5 Å². The summed E-state index contributed by atoms with van der Waals surface area (Å²) in [4.78, 5) is 12.6. The summed E-state index contributed by atoms with van der Waals surface area (Å²) in [5.74, 6) is 1.01. The maximum Gasteiger partial charge on any atom is 0.255 e. The van der Waals surface area contributed by atoms with Crippen LogP contribution in [0.15, 0.2) is 67.0 Å².